The number of hydrogen-bond donors (Lipinski definition) is 1. The maximum atomic E-state index is 13.0. The number of nitrogens with zero attached hydrogens (tertiary/aromatic N) is 2. The molecule has 2 aromatic heterocycles. The van der Waals surface area contributed by atoms with E-state index in [2.05, 4.69) is 24.0 Å². The van der Waals surface area contributed by atoms with Gasteiger partial charge in [-0.05, 0) is 50.5 Å². The molecule has 2 atom stereocenters. The molecule has 0 spiro atoms. The molecule has 2 N–H and O–H groups in total. The molecule has 0 aliphatic heterocycles. The molecule has 3 rings (SSSR count). The number of aromatic nitrogens is 1. The summed E-state index contributed by atoms with van der Waals surface area (Å²) in [5, 5.41) is 0. The molecule has 122 valence electrons. The van der Waals surface area contributed by atoms with Crippen LogP contribution in [-0.4, -0.2) is 21.8 Å². The lowest BCUT2D eigenvalue weighted by Crippen LogP contribution is -2.35. The zero-order chi connectivity index (χ0) is 16.2. The number of carbonyl (C=O) groups is 1. The van der Waals surface area contributed by atoms with E-state index in [0.29, 0.717) is 13.1 Å². The molecule has 0 saturated heterocycles. The highest BCUT2D eigenvalue weighted by Gasteiger charge is 2.31. The SMILES string of the molecule is Cc1ccc(CN(Cc2ccccn2)C(=O)C2CCC(N)C2)s1. The van der Waals surface area contributed by atoms with Gasteiger partial charge >= 0.3 is 0 Å². The van der Waals surface area contributed by atoms with Crippen molar-refractivity contribution in [2.45, 2.75) is 45.3 Å². The Kier molecular flexibility index (Phi) is 5.08. The highest BCUT2D eigenvalue weighted by molar-refractivity contribution is 7.11. The number of pyridine rings is 1. The van der Waals surface area contributed by atoms with Gasteiger partial charge in [-0.15, -0.1) is 11.3 Å². The molecule has 1 fully saturated rings. The smallest absolute Gasteiger partial charge is 0.226 e. The van der Waals surface area contributed by atoms with Crippen molar-refractivity contribution in [2.75, 3.05) is 0 Å². The van der Waals surface area contributed by atoms with Crippen LogP contribution in [0.2, 0.25) is 0 Å². The molecule has 1 aliphatic rings. The van der Waals surface area contributed by atoms with E-state index >= 15 is 0 Å². The maximum Gasteiger partial charge on any atom is 0.226 e. The van der Waals surface area contributed by atoms with Crippen molar-refractivity contribution < 1.29 is 4.79 Å². The first-order chi connectivity index (χ1) is 11.1. The second kappa shape index (κ2) is 7.23. The van der Waals surface area contributed by atoms with Crippen LogP contribution in [0, 0.1) is 12.8 Å². The number of thiophene rings is 1. The van der Waals surface area contributed by atoms with Crippen molar-refractivity contribution in [1.82, 2.24) is 9.88 Å². The van der Waals surface area contributed by atoms with Gasteiger partial charge in [0.1, 0.15) is 0 Å². The first-order valence-electron chi connectivity index (χ1n) is 8.11. The molecule has 1 amide bonds. The summed E-state index contributed by atoms with van der Waals surface area (Å²) in [6.07, 6.45) is 4.44. The third kappa shape index (κ3) is 4.18. The fraction of sp³-hybridized carbons (Fsp3) is 0.444. The predicted molar refractivity (Wildman–Crippen MR) is 92.9 cm³/mol. The standard InChI is InChI=1S/C18H23N3OS/c1-13-5-8-17(23-13)12-21(11-16-4-2-3-9-20-16)18(22)14-6-7-15(19)10-14/h2-5,8-9,14-15H,6-7,10-12,19H2,1H3. The summed E-state index contributed by atoms with van der Waals surface area (Å²) in [4.78, 5) is 21.8. The molecule has 1 aliphatic carbocycles. The first kappa shape index (κ1) is 16.1. The van der Waals surface area contributed by atoms with E-state index in [9.17, 15) is 4.79 Å². The Morgan fingerprint density at radius 1 is 1.30 bits per heavy atom. The predicted octanol–water partition coefficient (Wildman–Crippen LogP) is 3.11. The van der Waals surface area contributed by atoms with Gasteiger partial charge in [0.15, 0.2) is 0 Å². The molecule has 0 bridgehead atoms. The second-order valence-corrected chi connectivity index (χ2v) is 7.67. The molecule has 2 unspecified atom stereocenters. The molecule has 5 heteroatoms. The minimum Gasteiger partial charge on any atom is -0.331 e. The van der Waals surface area contributed by atoms with Gasteiger partial charge in [-0.25, -0.2) is 0 Å². The minimum atomic E-state index is 0.0646. The van der Waals surface area contributed by atoms with Crippen molar-refractivity contribution in [3.8, 4) is 0 Å². The average Bonchev–Trinajstić information content (AvgIpc) is 3.15. The Morgan fingerprint density at radius 2 is 2.17 bits per heavy atom. The van der Waals surface area contributed by atoms with E-state index in [-0.39, 0.29) is 17.9 Å². The Balaban J connectivity index is 1.76. The van der Waals surface area contributed by atoms with Gasteiger partial charge in [-0.2, -0.15) is 0 Å². The van der Waals surface area contributed by atoms with Crippen molar-refractivity contribution in [1.29, 1.82) is 0 Å². The maximum absolute atomic E-state index is 13.0. The van der Waals surface area contributed by atoms with Crippen molar-refractivity contribution >= 4 is 17.2 Å². The first-order valence-corrected chi connectivity index (χ1v) is 8.93. The van der Waals surface area contributed by atoms with Crippen molar-refractivity contribution in [3.63, 3.8) is 0 Å². The summed E-state index contributed by atoms with van der Waals surface area (Å²) < 4.78 is 0. The van der Waals surface area contributed by atoms with E-state index in [1.54, 1.807) is 17.5 Å². The summed E-state index contributed by atoms with van der Waals surface area (Å²) >= 11 is 1.75. The Labute approximate surface area is 141 Å². The second-order valence-electron chi connectivity index (χ2n) is 6.30. The summed E-state index contributed by atoms with van der Waals surface area (Å²) in [5.41, 5.74) is 6.92. The van der Waals surface area contributed by atoms with E-state index in [4.69, 9.17) is 5.73 Å². The van der Waals surface area contributed by atoms with Crippen LogP contribution in [0.15, 0.2) is 36.5 Å². The largest absolute Gasteiger partial charge is 0.331 e. The number of carbonyl (C=O) groups excluding carboxylic acids is 1. The zero-order valence-electron chi connectivity index (χ0n) is 13.4. The average molecular weight is 329 g/mol. The number of nitrogens with two attached hydrogens (primary N) is 1. The van der Waals surface area contributed by atoms with Crippen LogP contribution in [0.25, 0.3) is 0 Å². The summed E-state index contributed by atoms with van der Waals surface area (Å²) in [6, 6.07) is 10.2. The highest BCUT2D eigenvalue weighted by atomic mass is 32.1. The number of hydrogen-bond acceptors (Lipinski definition) is 4. The van der Waals surface area contributed by atoms with Gasteiger partial charge in [0.2, 0.25) is 5.91 Å². The highest BCUT2D eigenvalue weighted by Crippen LogP contribution is 2.28. The Morgan fingerprint density at radius 3 is 2.78 bits per heavy atom. The van der Waals surface area contributed by atoms with Crippen LogP contribution in [0.3, 0.4) is 0 Å². The van der Waals surface area contributed by atoms with Crippen LogP contribution in [0.1, 0.15) is 34.7 Å². The summed E-state index contributed by atoms with van der Waals surface area (Å²) in [7, 11) is 0. The fourth-order valence-electron chi connectivity index (χ4n) is 3.16. The molecule has 2 heterocycles. The van der Waals surface area contributed by atoms with Gasteiger partial charge < -0.3 is 10.6 Å². The Bertz CT molecular complexity index is 655. The van der Waals surface area contributed by atoms with Crippen LogP contribution in [-0.2, 0) is 17.9 Å². The van der Waals surface area contributed by atoms with Crippen LogP contribution >= 0.6 is 11.3 Å². The van der Waals surface area contributed by atoms with Gasteiger partial charge in [-0.3, -0.25) is 9.78 Å². The lowest BCUT2D eigenvalue weighted by molar-refractivity contribution is -0.136. The van der Waals surface area contributed by atoms with E-state index in [0.717, 1.165) is 25.0 Å². The number of amides is 1. The molecule has 1 saturated carbocycles. The van der Waals surface area contributed by atoms with Gasteiger partial charge in [0.25, 0.3) is 0 Å². The van der Waals surface area contributed by atoms with Gasteiger partial charge in [-0.1, -0.05) is 6.07 Å². The molecule has 0 radical (unpaired) electrons. The molecule has 0 aromatic carbocycles. The fourth-order valence-corrected chi connectivity index (χ4v) is 4.06. The zero-order valence-corrected chi connectivity index (χ0v) is 14.3. The normalized spacial score (nSPS) is 20.6. The third-order valence-electron chi connectivity index (χ3n) is 4.36. The van der Waals surface area contributed by atoms with Crippen molar-refractivity contribution in [2.24, 2.45) is 11.7 Å². The monoisotopic (exact) mass is 329 g/mol. The Hall–Kier alpha value is -1.72. The topological polar surface area (TPSA) is 59.2 Å². The third-order valence-corrected chi connectivity index (χ3v) is 5.34. The molecule has 2 aromatic rings. The van der Waals surface area contributed by atoms with E-state index in [1.807, 2.05) is 23.1 Å². The van der Waals surface area contributed by atoms with Gasteiger partial charge in [0, 0.05) is 27.9 Å². The van der Waals surface area contributed by atoms with Gasteiger partial charge in [0.05, 0.1) is 18.8 Å². The van der Waals surface area contributed by atoms with Crippen LogP contribution < -0.4 is 5.73 Å². The number of rotatable bonds is 5. The molecule has 4 nitrogen and oxygen atoms in total. The number of aryl methyl sites for hydroxylation is 1. The minimum absolute atomic E-state index is 0.0646. The lowest BCUT2D eigenvalue weighted by atomic mass is 10.1. The lowest BCUT2D eigenvalue weighted by Gasteiger charge is -2.25. The van der Waals surface area contributed by atoms with Crippen LogP contribution in [0.5, 0.6) is 0 Å². The van der Waals surface area contributed by atoms with E-state index < -0.39 is 0 Å². The summed E-state index contributed by atoms with van der Waals surface area (Å²) in [5.74, 6) is 0.282. The van der Waals surface area contributed by atoms with Crippen molar-refractivity contribution in [3.05, 3.63) is 52.0 Å². The molecule has 23 heavy (non-hydrogen) atoms. The molecular formula is C18H23N3OS. The summed E-state index contributed by atoms with van der Waals surface area (Å²) in [6.45, 7) is 3.30. The van der Waals surface area contributed by atoms with Crippen LogP contribution in [0.4, 0.5) is 0 Å². The van der Waals surface area contributed by atoms with E-state index in [1.165, 1.54) is 9.75 Å². The molecular weight excluding hydrogens is 306 g/mol. The quantitative estimate of drug-likeness (QED) is 0.917.